The zero-order chi connectivity index (χ0) is 9.61. The zero-order valence-electron chi connectivity index (χ0n) is 7.56. The maximum atomic E-state index is 11.1. The number of aliphatic hydroxyl groups is 1. The van der Waals surface area contributed by atoms with E-state index < -0.39 is 0 Å². The summed E-state index contributed by atoms with van der Waals surface area (Å²) in [5.41, 5.74) is -0.335. The van der Waals surface area contributed by atoms with Crippen molar-refractivity contribution >= 4 is 17.5 Å². The van der Waals surface area contributed by atoms with E-state index in [9.17, 15) is 4.79 Å². The van der Waals surface area contributed by atoms with E-state index in [-0.39, 0.29) is 18.1 Å². The third-order valence-electron chi connectivity index (χ3n) is 1.54. The molecular weight excluding hydrogens is 178 g/mol. The second-order valence-electron chi connectivity index (χ2n) is 3.34. The number of alkyl halides is 1. The molecule has 0 atom stereocenters. The number of hydrogen-bond acceptors (Lipinski definition) is 2. The molecule has 72 valence electrons. The molecule has 0 fully saturated rings. The number of carbonyl (C=O) groups is 1. The molecule has 0 aromatic heterocycles. The standard InChI is InChI=1S/C8H16ClNO2/c1-8(2,4-6-11)10-7(12)3-5-9/h11H,3-6H2,1-2H3,(H,10,12). The lowest BCUT2D eigenvalue weighted by Crippen LogP contribution is -2.44. The molecule has 12 heavy (non-hydrogen) atoms. The molecule has 0 rings (SSSR count). The Bertz CT molecular complexity index is 148. The Morgan fingerprint density at radius 3 is 2.58 bits per heavy atom. The van der Waals surface area contributed by atoms with Crippen LogP contribution in [0, 0.1) is 0 Å². The highest BCUT2D eigenvalue weighted by atomic mass is 35.5. The quantitative estimate of drug-likeness (QED) is 0.638. The highest BCUT2D eigenvalue weighted by Gasteiger charge is 2.18. The summed E-state index contributed by atoms with van der Waals surface area (Å²) in [7, 11) is 0. The van der Waals surface area contributed by atoms with E-state index in [0.717, 1.165) is 0 Å². The molecule has 0 aromatic carbocycles. The highest BCUT2D eigenvalue weighted by Crippen LogP contribution is 2.07. The second kappa shape index (κ2) is 5.38. The van der Waals surface area contributed by atoms with Crippen LogP contribution in [-0.2, 0) is 4.79 Å². The third-order valence-corrected chi connectivity index (χ3v) is 1.73. The van der Waals surface area contributed by atoms with Gasteiger partial charge in [0, 0.05) is 24.4 Å². The molecule has 0 aromatic rings. The molecule has 0 aliphatic carbocycles. The molecule has 0 heterocycles. The van der Waals surface area contributed by atoms with Crippen LogP contribution >= 0.6 is 11.6 Å². The number of amides is 1. The monoisotopic (exact) mass is 193 g/mol. The van der Waals surface area contributed by atoms with Gasteiger partial charge in [0.25, 0.3) is 0 Å². The van der Waals surface area contributed by atoms with Crippen LogP contribution in [0.5, 0.6) is 0 Å². The minimum absolute atomic E-state index is 0.0662. The summed E-state index contributed by atoms with van der Waals surface area (Å²) in [5.74, 6) is 0.268. The molecule has 4 heteroatoms. The predicted octanol–water partition coefficient (Wildman–Crippen LogP) is 0.892. The van der Waals surface area contributed by atoms with Crippen LogP contribution in [0.3, 0.4) is 0 Å². The molecule has 0 bridgehead atoms. The van der Waals surface area contributed by atoms with Crippen LogP contribution < -0.4 is 5.32 Å². The van der Waals surface area contributed by atoms with Gasteiger partial charge in [-0.2, -0.15) is 0 Å². The number of rotatable bonds is 5. The van der Waals surface area contributed by atoms with Crippen molar-refractivity contribution < 1.29 is 9.90 Å². The SMILES string of the molecule is CC(C)(CCO)NC(=O)CCCl. The maximum Gasteiger partial charge on any atom is 0.221 e. The van der Waals surface area contributed by atoms with Crippen LogP contribution in [0.2, 0.25) is 0 Å². The van der Waals surface area contributed by atoms with Gasteiger partial charge in [-0.3, -0.25) is 4.79 Å². The number of halogens is 1. The molecule has 0 aliphatic heterocycles. The fourth-order valence-corrected chi connectivity index (χ4v) is 1.04. The Labute approximate surface area is 78.1 Å². The van der Waals surface area contributed by atoms with Gasteiger partial charge in [0.1, 0.15) is 0 Å². The number of carbonyl (C=O) groups excluding carboxylic acids is 1. The summed E-state index contributed by atoms with van der Waals surface area (Å²) in [6, 6.07) is 0. The van der Waals surface area contributed by atoms with Gasteiger partial charge in [0.05, 0.1) is 0 Å². The van der Waals surface area contributed by atoms with Gasteiger partial charge < -0.3 is 10.4 Å². The predicted molar refractivity (Wildman–Crippen MR) is 49.3 cm³/mol. The highest BCUT2D eigenvalue weighted by molar-refractivity contribution is 6.18. The van der Waals surface area contributed by atoms with E-state index in [4.69, 9.17) is 16.7 Å². The Kier molecular flexibility index (Phi) is 5.25. The van der Waals surface area contributed by atoms with Gasteiger partial charge >= 0.3 is 0 Å². The summed E-state index contributed by atoms with van der Waals surface area (Å²) >= 11 is 5.39. The molecule has 1 amide bonds. The van der Waals surface area contributed by atoms with E-state index in [1.807, 2.05) is 13.8 Å². The average molecular weight is 194 g/mol. The van der Waals surface area contributed by atoms with E-state index in [0.29, 0.717) is 18.7 Å². The van der Waals surface area contributed by atoms with Crippen molar-refractivity contribution in [3.05, 3.63) is 0 Å². The minimum atomic E-state index is -0.335. The summed E-state index contributed by atoms with van der Waals surface area (Å²) in [4.78, 5) is 11.1. The third kappa shape index (κ3) is 5.38. The van der Waals surface area contributed by atoms with Crippen LogP contribution in [0.15, 0.2) is 0 Å². The Hall–Kier alpha value is -0.280. The molecule has 0 saturated heterocycles. The smallest absolute Gasteiger partial charge is 0.221 e. The van der Waals surface area contributed by atoms with Gasteiger partial charge in [-0.1, -0.05) is 0 Å². The molecular formula is C8H16ClNO2. The summed E-state index contributed by atoms with van der Waals surface area (Å²) in [6.45, 7) is 3.82. The van der Waals surface area contributed by atoms with Crippen molar-refractivity contribution in [2.75, 3.05) is 12.5 Å². The van der Waals surface area contributed by atoms with Gasteiger partial charge in [0.2, 0.25) is 5.91 Å². The van der Waals surface area contributed by atoms with Crippen LogP contribution in [0.1, 0.15) is 26.7 Å². The first-order chi connectivity index (χ1) is 5.52. The minimum Gasteiger partial charge on any atom is -0.396 e. The summed E-state index contributed by atoms with van der Waals surface area (Å²) in [5, 5.41) is 11.4. The van der Waals surface area contributed by atoms with Crippen molar-refractivity contribution in [2.45, 2.75) is 32.2 Å². The fraction of sp³-hybridized carbons (Fsp3) is 0.875. The lowest BCUT2D eigenvalue weighted by Gasteiger charge is -2.25. The lowest BCUT2D eigenvalue weighted by molar-refractivity contribution is -0.122. The van der Waals surface area contributed by atoms with E-state index >= 15 is 0 Å². The molecule has 3 nitrogen and oxygen atoms in total. The van der Waals surface area contributed by atoms with Crippen molar-refractivity contribution in [1.29, 1.82) is 0 Å². The zero-order valence-corrected chi connectivity index (χ0v) is 8.32. The first-order valence-electron chi connectivity index (χ1n) is 3.99. The molecule has 2 N–H and O–H groups in total. The summed E-state index contributed by atoms with van der Waals surface area (Å²) < 4.78 is 0. The lowest BCUT2D eigenvalue weighted by atomic mass is 10.0. The van der Waals surface area contributed by atoms with E-state index in [2.05, 4.69) is 5.32 Å². The van der Waals surface area contributed by atoms with Gasteiger partial charge in [-0.25, -0.2) is 0 Å². The molecule has 0 spiro atoms. The van der Waals surface area contributed by atoms with Crippen molar-refractivity contribution in [3.8, 4) is 0 Å². The largest absolute Gasteiger partial charge is 0.396 e. The topological polar surface area (TPSA) is 49.3 Å². The first-order valence-corrected chi connectivity index (χ1v) is 4.53. The molecule has 0 aliphatic rings. The molecule has 0 radical (unpaired) electrons. The van der Waals surface area contributed by atoms with Crippen LogP contribution in [0.4, 0.5) is 0 Å². The van der Waals surface area contributed by atoms with Crippen molar-refractivity contribution in [1.82, 2.24) is 5.32 Å². The number of aliphatic hydroxyl groups excluding tert-OH is 1. The van der Waals surface area contributed by atoms with E-state index in [1.54, 1.807) is 0 Å². The van der Waals surface area contributed by atoms with Crippen molar-refractivity contribution in [3.63, 3.8) is 0 Å². The second-order valence-corrected chi connectivity index (χ2v) is 3.72. The molecule has 0 saturated carbocycles. The maximum absolute atomic E-state index is 11.1. The summed E-state index contributed by atoms with van der Waals surface area (Å²) in [6.07, 6.45) is 0.886. The van der Waals surface area contributed by atoms with Crippen LogP contribution in [-0.4, -0.2) is 29.0 Å². The fourth-order valence-electron chi connectivity index (χ4n) is 0.868. The van der Waals surface area contributed by atoms with Crippen molar-refractivity contribution in [2.24, 2.45) is 0 Å². The number of hydrogen-bond donors (Lipinski definition) is 2. The van der Waals surface area contributed by atoms with Gasteiger partial charge in [-0.05, 0) is 20.3 Å². The van der Waals surface area contributed by atoms with Gasteiger partial charge in [0.15, 0.2) is 0 Å². The molecule has 0 unspecified atom stereocenters. The Morgan fingerprint density at radius 1 is 1.58 bits per heavy atom. The average Bonchev–Trinajstić information content (AvgIpc) is 1.85. The number of nitrogens with one attached hydrogen (secondary N) is 1. The van der Waals surface area contributed by atoms with Gasteiger partial charge in [-0.15, -0.1) is 11.6 Å². The van der Waals surface area contributed by atoms with E-state index in [1.165, 1.54) is 0 Å². The Morgan fingerprint density at radius 2 is 2.17 bits per heavy atom. The first kappa shape index (κ1) is 11.7. The normalized spacial score (nSPS) is 11.3. The van der Waals surface area contributed by atoms with Crippen LogP contribution in [0.25, 0.3) is 0 Å². The Balaban J connectivity index is 3.79.